The third-order valence-electron chi connectivity index (χ3n) is 2.42. The van der Waals surface area contributed by atoms with Crippen molar-refractivity contribution < 1.29 is 25.8 Å². The smallest absolute Gasteiger partial charge is 0.0384 e. The van der Waals surface area contributed by atoms with Gasteiger partial charge in [0.1, 0.15) is 0 Å². The van der Waals surface area contributed by atoms with Crippen LogP contribution in [0, 0.1) is 0 Å². The van der Waals surface area contributed by atoms with Crippen molar-refractivity contribution in [3.63, 3.8) is 0 Å². The quantitative estimate of drug-likeness (QED) is 0.637. The molecule has 0 aromatic heterocycles. The summed E-state index contributed by atoms with van der Waals surface area (Å²) in [6.07, 6.45) is 0. The van der Waals surface area contributed by atoms with Crippen LogP contribution in [0.2, 0.25) is 0 Å². The zero-order valence-corrected chi connectivity index (χ0v) is 13.1. The molecule has 0 saturated carbocycles. The van der Waals surface area contributed by atoms with E-state index in [4.69, 9.17) is 5.73 Å². The molecule has 2 heteroatoms. The minimum Gasteiger partial charge on any atom is -0.398 e. The van der Waals surface area contributed by atoms with E-state index in [2.05, 4.69) is 45.9 Å². The van der Waals surface area contributed by atoms with E-state index < -0.39 is 0 Å². The zero-order valence-electron chi connectivity index (χ0n) is 9.46. The fraction of sp³-hybridized carbons (Fsp3) is 0.500. The monoisotopic (exact) mass is 357 g/mol. The van der Waals surface area contributed by atoms with Gasteiger partial charge in [-0.05, 0) is 23.0 Å². The number of hydrogen-bond donors (Lipinski definition) is 1. The van der Waals surface area contributed by atoms with Crippen molar-refractivity contribution in [2.75, 3.05) is 5.73 Å². The largest absolute Gasteiger partial charge is 0.398 e. The molecule has 0 saturated heterocycles. The van der Waals surface area contributed by atoms with Crippen LogP contribution in [-0.2, 0) is 25.8 Å². The fourth-order valence-electron chi connectivity index (χ4n) is 1.61. The number of nitrogens with two attached hydrogens (primary N) is 1. The summed E-state index contributed by atoms with van der Waals surface area (Å²) in [6.45, 7) is 8.71. The Balaban J connectivity index is 0.00000169. The molecule has 1 nitrogen and oxygen atoms in total. The van der Waals surface area contributed by atoms with E-state index in [1.807, 2.05) is 0 Å². The Morgan fingerprint density at radius 2 is 1.29 bits per heavy atom. The van der Waals surface area contributed by atoms with Crippen LogP contribution in [-0.4, -0.2) is 0 Å². The van der Waals surface area contributed by atoms with Crippen LogP contribution >= 0.6 is 0 Å². The van der Waals surface area contributed by atoms with Crippen LogP contribution < -0.4 is 5.73 Å². The van der Waals surface area contributed by atoms with E-state index in [0.29, 0.717) is 11.8 Å². The first-order valence-electron chi connectivity index (χ1n) is 4.92. The molecular formula is C12H19HfN. The Labute approximate surface area is 106 Å². The fourth-order valence-corrected chi connectivity index (χ4v) is 1.61. The van der Waals surface area contributed by atoms with Crippen molar-refractivity contribution in [2.24, 2.45) is 0 Å². The molecule has 1 aromatic carbocycles. The van der Waals surface area contributed by atoms with Gasteiger partial charge in [-0.3, -0.25) is 0 Å². The Kier molecular flexibility index (Phi) is 5.65. The summed E-state index contributed by atoms with van der Waals surface area (Å²) in [7, 11) is 0. The Morgan fingerprint density at radius 3 is 1.57 bits per heavy atom. The number of nitrogen functional groups attached to an aromatic ring is 1. The topological polar surface area (TPSA) is 26.0 Å². The SMILES string of the molecule is CC(C)c1cccc(C(C)C)c1N.[Hf]. The molecule has 76 valence electrons. The van der Waals surface area contributed by atoms with Crippen molar-refractivity contribution in [3.8, 4) is 0 Å². The molecule has 0 spiro atoms. The van der Waals surface area contributed by atoms with Crippen LogP contribution in [0.4, 0.5) is 5.69 Å². The van der Waals surface area contributed by atoms with E-state index in [-0.39, 0.29) is 25.8 Å². The Hall–Kier alpha value is -0.110. The number of hydrogen-bond acceptors (Lipinski definition) is 1. The first-order chi connectivity index (χ1) is 6.04. The predicted molar refractivity (Wildman–Crippen MR) is 59.0 cm³/mol. The number of para-hydroxylation sites is 1. The maximum Gasteiger partial charge on any atom is 0.0384 e. The second-order valence-corrected chi connectivity index (χ2v) is 4.16. The molecule has 0 aliphatic rings. The summed E-state index contributed by atoms with van der Waals surface area (Å²) in [5.74, 6) is 1.03. The maximum absolute atomic E-state index is 6.09. The zero-order chi connectivity index (χ0) is 10.0. The molecule has 14 heavy (non-hydrogen) atoms. The summed E-state index contributed by atoms with van der Waals surface area (Å²) >= 11 is 0. The molecule has 0 atom stereocenters. The molecule has 2 N–H and O–H groups in total. The van der Waals surface area contributed by atoms with Crippen molar-refractivity contribution in [1.82, 2.24) is 0 Å². The number of rotatable bonds is 2. The van der Waals surface area contributed by atoms with Gasteiger partial charge >= 0.3 is 0 Å². The van der Waals surface area contributed by atoms with E-state index >= 15 is 0 Å². The molecule has 1 rings (SSSR count). The maximum atomic E-state index is 6.09. The van der Waals surface area contributed by atoms with Gasteiger partial charge < -0.3 is 5.73 Å². The summed E-state index contributed by atoms with van der Waals surface area (Å²) < 4.78 is 0. The standard InChI is InChI=1S/C12H19N.Hf/c1-8(2)10-6-5-7-11(9(3)4)12(10)13;/h5-9H,13H2,1-4H3;. The van der Waals surface area contributed by atoms with Gasteiger partial charge in [-0.1, -0.05) is 45.9 Å². The van der Waals surface area contributed by atoms with Gasteiger partial charge in [0.25, 0.3) is 0 Å². The first-order valence-corrected chi connectivity index (χ1v) is 4.92. The second kappa shape index (κ2) is 5.69. The van der Waals surface area contributed by atoms with Crippen LogP contribution in [0.5, 0.6) is 0 Å². The molecule has 1 aromatic rings. The molecular weight excluding hydrogens is 337 g/mol. The molecule has 0 aliphatic heterocycles. The Bertz CT molecular complexity index is 266. The molecule has 0 radical (unpaired) electrons. The minimum absolute atomic E-state index is 0. The van der Waals surface area contributed by atoms with Gasteiger partial charge in [0.2, 0.25) is 0 Å². The van der Waals surface area contributed by atoms with Gasteiger partial charge in [0.05, 0.1) is 0 Å². The minimum atomic E-state index is 0. The van der Waals surface area contributed by atoms with Crippen LogP contribution in [0.1, 0.15) is 50.7 Å². The average Bonchev–Trinajstić information content (AvgIpc) is 2.03. The Morgan fingerprint density at radius 1 is 0.929 bits per heavy atom. The third kappa shape index (κ3) is 2.94. The van der Waals surface area contributed by atoms with E-state index in [1.165, 1.54) is 11.1 Å². The van der Waals surface area contributed by atoms with Crippen molar-refractivity contribution in [1.29, 1.82) is 0 Å². The predicted octanol–water partition coefficient (Wildman–Crippen LogP) is 3.51. The normalized spacial score (nSPS) is 10.4. The van der Waals surface area contributed by atoms with E-state index in [0.717, 1.165) is 5.69 Å². The van der Waals surface area contributed by atoms with Gasteiger partial charge in [-0.15, -0.1) is 0 Å². The molecule has 0 amide bonds. The van der Waals surface area contributed by atoms with Gasteiger partial charge in [-0.2, -0.15) is 0 Å². The van der Waals surface area contributed by atoms with Gasteiger partial charge in [0.15, 0.2) is 0 Å². The van der Waals surface area contributed by atoms with Crippen molar-refractivity contribution >= 4 is 5.69 Å². The molecule has 0 heterocycles. The van der Waals surface area contributed by atoms with Gasteiger partial charge in [0, 0.05) is 31.5 Å². The molecule has 0 bridgehead atoms. The van der Waals surface area contributed by atoms with Crippen molar-refractivity contribution in [3.05, 3.63) is 29.3 Å². The van der Waals surface area contributed by atoms with Crippen LogP contribution in [0.15, 0.2) is 18.2 Å². The van der Waals surface area contributed by atoms with Crippen LogP contribution in [0.3, 0.4) is 0 Å². The van der Waals surface area contributed by atoms with Crippen LogP contribution in [0.25, 0.3) is 0 Å². The van der Waals surface area contributed by atoms with Crippen molar-refractivity contribution in [2.45, 2.75) is 39.5 Å². The summed E-state index contributed by atoms with van der Waals surface area (Å²) in [5, 5.41) is 0. The second-order valence-electron chi connectivity index (χ2n) is 4.16. The third-order valence-corrected chi connectivity index (χ3v) is 2.42. The van der Waals surface area contributed by atoms with Gasteiger partial charge in [-0.25, -0.2) is 0 Å². The first kappa shape index (κ1) is 13.9. The number of benzene rings is 1. The summed E-state index contributed by atoms with van der Waals surface area (Å²) in [5.41, 5.74) is 9.60. The number of anilines is 1. The molecule has 0 unspecified atom stereocenters. The molecule has 0 aliphatic carbocycles. The molecule has 0 fully saturated rings. The van der Waals surface area contributed by atoms with E-state index in [1.54, 1.807) is 0 Å². The van der Waals surface area contributed by atoms with E-state index in [9.17, 15) is 0 Å². The average molecular weight is 356 g/mol. The summed E-state index contributed by atoms with van der Waals surface area (Å²) in [6, 6.07) is 6.33. The summed E-state index contributed by atoms with van der Waals surface area (Å²) in [4.78, 5) is 0.